The van der Waals surface area contributed by atoms with E-state index in [-0.39, 0.29) is 0 Å². The maximum absolute atomic E-state index is 4.14. The predicted octanol–water partition coefficient (Wildman–Crippen LogP) is 4.45. The second-order valence-corrected chi connectivity index (χ2v) is 3.60. The normalized spacial score (nSPS) is 9.86. The van der Waals surface area contributed by atoms with Gasteiger partial charge in [0, 0.05) is 0 Å². The number of hydrogen-bond donors (Lipinski definition) is 0. The molecule has 0 radical (unpaired) electrons. The molecule has 0 aliphatic carbocycles. The molecule has 0 spiro atoms. The van der Waals surface area contributed by atoms with Gasteiger partial charge in [0.2, 0.25) is 0 Å². The highest BCUT2D eigenvalue weighted by molar-refractivity contribution is 5.74. The summed E-state index contributed by atoms with van der Waals surface area (Å²) in [5.74, 6) is 0. The van der Waals surface area contributed by atoms with E-state index in [1.807, 2.05) is 6.08 Å². The van der Waals surface area contributed by atoms with Crippen LogP contribution in [-0.4, -0.2) is 0 Å². The van der Waals surface area contributed by atoms with Crippen LogP contribution in [0.2, 0.25) is 0 Å². The molecular weight excluding hydrogens is 168 g/mol. The minimum Gasteiger partial charge on any atom is -0.0984 e. The third-order valence-electron chi connectivity index (χ3n) is 2.43. The molecule has 0 saturated carbocycles. The molecule has 74 valence electrons. The highest BCUT2D eigenvalue weighted by atomic mass is 14.1. The third kappa shape index (κ3) is 2.14. The van der Waals surface area contributed by atoms with Crippen LogP contribution >= 0.6 is 0 Å². The van der Waals surface area contributed by atoms with Crippen LogP contribution < -0.4 is 0 Å². The van der Waals surface area contributed by atoms with Crippen LogP contribution in [0.15, 0.2) is 31.4 Å². The molecule has 0 heteroatoms. The van der Waals surface area contributed by atoms with Crippen molar-refractivity contribution < 1.29 is 0 Å². The van der Waals surface area contributed by atoms with Gasteiger partial charge in [0.1, 0.15) is 0 Å². The first-order valence-corrected chi connectivity index (χ1v) is 5.11. The molecule has 1 aromatic rings. The van der Waals surface area contributed by atoms with Crippen LogP contribution in [0, 0.1) is 6.92 Å². The first-order chi connectivity index (χ1) is 6.70. The lowest BCUT2D eigenvalue weighted by Gasteiger charge is -2.11. The predicted molar refractivity (Wildman–Crippen MR) is 65.2 cm³/mol. The second kappa shape index (κ2) is 4.80. The molecule has 14 heavy (non-hydrogen) atoms. The Kier molecular flexibility index (Phi) is 3.70. The number of benzene rings is 1. The van der Waals surface area contributed by atoms with Gasteiger partial charge in [-0.15, -0.1) is 0 Å². The molecule has 0 aromatic heterocycles. The van der Waals surface area contributed by atoms with E-state index in [2.05, 4.69) is 45.2 Å². The van der Waals surface area contributed by atoms with Crippen LogP contribution in [0.4, 0.5) is 0 Å². The van der Waals surface area contributed by atoms with Crippen LogP contribution in [-0.2, 0) is 0 Å². The van der Waals surface area contributed by atoms with Crippen LogP contribution in [0.3, 0.4) is 0 Å². The van der Waals surface area contributed by atoms with Gasteiger partial charge >= 0.3 is 0 Å². The molecule has 0 amide bonds. The molecule has 0 bridgehead atoms. The molecule has 0 heterocycles. The summed E-state index contributed by atoms with van der Waals surface area (Å²) in [5.41, 5.74) is 4.99. The molecule has 0 atom stereocenters. The largest absolute Gasteiger partial charge is 0.0984 e. The Morgan fingerprint density at radius 1 is 1.43 bits per heavy atom. The molecule has 0 N–H and O–H groups in total. The maximum atomic E-state index is 4.14. The van der Waals surface area contributed by atoms with E-state index in [1.165, 1.54) is 22.3 Å². The van der Waals surface area contributed by atoms with E-state index in [0.29, 0.717) is 0 Å². The molecule has 0 nitrogen and oxygen atoms in total. The highest BCUT2D eigenvalue weighted by Crippen LogP contribution is 2.25. The fourth-order valence-corrected chi connectivity index (χ4v) is 1.77. The number of rotatable bonds is 4. The number of allylic oxidation sites excluding steroid dienone is 1. The fourth-order valence-electron chi connectivity index (χ4n) is 1.77. The average molecular weight is 186 g/mol. The summed E-state index contributed by atoms with van der Waals surface area (Å²) in [6.45, 7) is 12.3. The zero-order valence-electron chi connectivity index (χ0n) is 9.14. The van der Waals surface area contributed by atoms with Crippen LogP contribution in [0.5, 0.6) is 0 Å². The van der Waals surface area contributed by atoms with Crippen molar-refractivity contribution in [1.29, 1.82) is 0 Å². The highest BCUT2D eigenvalue weighted by Gasteiger charge is 2.05. The minimum absolute atomic E-state index is 1.06. The van der Waals surface area contributed by atoms with Gasteiger partial charge in [-0.1, -0.05) is 50.8 Å². The van der Waals surface area contributed by atoms with Gasteiger partial charge in [0.25, 0.3) is 0 Å². The standard InChI is InChI=1S/C14H18/c1-5-8-11(3)14-12(4)9-7-10-13(14)6-2/h6-7,9-10H,2-3,5,8H2,1,4H3. The smallest absolute Gasteiger partial charge is 0.0129 e. The summed E-state index contributed by atoms with van der Waals surface area (Å²) in [5, 5.41) is 0. The molecule has 1 aromatic carbocycles. The quantitative estimate of drug-likeness (QED) is 0.651. The van der Waals surface area contributed by atoms with E-state index in [0.717, 1.165) is 12.8 Å². The summed E-state index contributed by atoms with van der Waals surface area (Å²) >= 11 is 0. The lowest BCUT2D eigenvalue weighted by molar-refractivity contribution is 0.973. The first kappa shape index (κ1) is 10.8. The molecule has 0 saturated heterocycles. The van der Waals surface area contributed by atoms with Gasteiger partial charge in [-0.05, 0) is 35.6 Å². The van der Waals surface area contributed by atoms with Crippen molar-refractivity contribution in [2.45, 2.75) is 26.7 Å². The van der Waals surface area contributed by atoms with Gasteiger partial charge < -0.3 is 0 Å². The summed E-state index contributed by atoms with van der Waals surface area (Å²) in [6.07, 6.45) is 4.11. The zero-order valence-corrected chi connectivity index (χ0v) is 9.14. The van der Waals surface area contributed by atoms with Gasteiger partial charge in [0.15, 0.2) is 0 Å². The molecule has 0 unspecified atom stereocenters. The van der Waals surface area contributed by atoms with Crippen molar-refractivity contribution in [3.05, 3.63) is 48.0 Å². The molecule has 1 rings (SSSR count). The van der Waals surface area contributed by atoms with E-state index in [9.17, 15) is 0 Å². The van der Waals surface area contributed by atoms with Crippen molar-refractivity contribution >= 4 is 11.6 Å². The topological polar surface area (TPSA) is 0 Å². The monoisotopic (exact) mass is 186 g/mol. The molecule has 0 aliphatic heterocycles. The molecule has 0 fully saturated rings. The van der Waals surface area contributed by atoms with Gasteiger partial charge in [-0.3, -0.25) is 0 Å². The Morgan fingerprint density at radius 3 is 2.71 bits per heavy atom. The molecular formula is C14H18. The summed E-state index contributed by atoms with van der Waals surface area (Å²) in [6, 6.07) is 6.29. The Bertz CT molecular complexity index is 345. The minimum atomic E-state index is 1.06. The van der Waals surface area contributed by atoms with Crippen molar-refractivity contribution in [2.24, 2.45) is 0 Å². The van der Waals surface area contributed by atoms with E-state index in [1.54, 1.807) is 0 Å². The van der Waals surface area contributed by atoms with Gasteiger partial charge in [0.05, 0.1) is 0 Å². The van der Waals surface area contributed by atoms with Gasteiger partial charge in [-0.2, -0.15) is 0 Å². The SMILES string of the molecule is C=Cc1cccc(C)c1C(=C)CCC. The molecule has 0 aliphatic rings. The Balaban J connectivity index is 3.16. The number of hydrogen-bond acceptors (Lipinski definition) is 0. The van der Waals surface area contributed by atoms with Crippen molar-refractivity contribution in [2.75, 3.05) is 0 Å². The Hall–Kier alpha value is -1.30. The summed E-state index contributed by atoms with van der Waals surface area (Å²) in [7, 11) is 0. The van der Waals surface area contributed by atoms with Crippen molar-refractivity contribution in [3.8, 4) is 0 Å². The van der Waals surface area contributed by atoms with Gasteiger partial charge in [-0.25, -0.2) is 0 Å². The summed E-state index contributed by atoms with van der Waals surface area (Å²) < 4.78 is 0. The Labute approximate surface area is 87.0 Å². The van der Waals surface area contributed by atoms with Crippen molar-refractivity contribution in [1.82, 2.24) is 0 Å². The average Bonchev–Trinajstić information content (AvgIpc) is 2.17. The lowest BCUT2D eigenvalue weighted by Crippen LogP contribution is -1.91. The first-order valence-electron chi connectivity index (χ1n) is 5.11. The van der Waals surface area contributed by atoms with Crippen LogP contribution in [0.25, 0.3) is 11.6 Å². The fraction of sp³-hybridized carbons (Fsp3) is 0.286. The van der Waals surface area contributed by atoms with Crippen molar-refractivity contribution in [3.63, 3.8) is 0 Å². The van der Waals surface area contributed by atoms with E-state index < -0.39 is 0 Å². The van der Waals surface area contributed by atoms with E-state index in [4.69, 9.17) is 0 Å². The van der Waals surface area contributed by atoms with E-state index >= 15 is 0 Å². The Morgan fingerprint density at radius 2 is 2.14 bits per heavy atom. The lowest BCUT2D eigenvalue weighted by atomic mass is 9.93. The second-order valence-electron chi connectivity index (χ2n) is 3.60. The number of aryl methyl sites for hydroxylation is 1. The zero-order chi connectivity index (χ0) is 10.6. The third-order valence-corrected chi connectivity index (χ3v) is 2.43. The maximum Gasteiger partial charge on any atom is -0.0129 e. The van der Waals surface area contributed by atoms with Crippen LogP contribution in [0.1, 0.15) is 36.5 Å². The summed E-state index contributed by atoms with van der Waals surface area (Å²) in [4.78, 5) is 0.